The second kappa shape index (κ2) is 10.2. The Hall–Kier alpha value is -3.52. The summed E-state index contributed by atoms with van der Waals surface area (Å²) in [5.41, 5.74) is 8.29. The van der Waals surface area contributed by atoms with Gasteiger partial charge in [0.15, 0.2) is 0 Å². The van der Waals surface area contributed by atoms with E-state index in [1.807, 2.05) is 24.3 Å². The minimum Gasteiger partial charge on any atom is -0.369 e. The van der Waals surface area contributed by atoms with Crippen LogP contribution >= 0.6 is 0 Å². The zero-order chi connectivity index (χ0) is 22.3. The Labute approximate surface area is 186 Å². The van der Waals surface area contributed by atoms with Gasteiger partial charge in [0.2, 0.25) is 0 Å². The summed E-state index contributed by atoms with van der Waals surface area (Å²) in [7, 11) is 0. The Morgan fingerprint density at radius 1 is 1.19 bits per heavy atom. The van der Waals surface area contributed by atoms with Gasteiger partial charge < -0.3 is 21.3 Å². The molecule has 0 radical (unpaired) electrons. The molecule has 1 unspecified atom stereocenters. The van der Waals surface area contributed by atoms with Gasteiger partial charge >= 0.3 is 0 Å². The maximum Gasteiger partial charge on any atom is 0.255 e. The normalized spacial score (nSPS) is 15.6. The molecule has 7 nitrogen and oxygen atoms in total. The topological polar surface area (TPSA) is 96.2 Å². The lowest BCUT2D eigenvalue weighted by molar-refractivity contribution is 0.0951. The van der Waals surface area contributed by atoms with Crippen molar-refractivity contribution in [2.75, 3.05) is 29.9 Å². The first-order chi connectivity index (χ1) is 15.6. The highest BCUT2D eigenvalue weighted by atomic mass is 19.1. The summed E-state index contributed by atoms with van der Waals surface area (Å²) in [6.45, 7) is 2.46. The van der Waals surface area contributed by atoms with Crippen molar-refractivity contribution in [3.63, 3.8) is 0 Å². The number of nitrogens with one attached hydrogen (secondary N) is 2. The van der Waals surface area contributed by atoms with Gasteiger partial charge in [0.1, 0.15) is 17.5 Å². The maximum absolute atomic E-state index is 13.5. The number of pyridine rings is 2. The number of rotatable bonds is 8. The molecule has 166 valence electrons. The molecular weight excluding hydrogens is 407 g/mol. The number of carbonyl (C=O) groups is 1. The summed E-state index contributed by atoms with van der Waals surface area (Å²) in [5.74, 6) is 0.806. The Bertz CT molecular complexity index is 1060. The lowest BCUT2D eigenvalue weighted by atomic mass is 10.1. The molecule has 0 saturated carbocycles. The van der Waals surface area contributed by atoms with Gasteiger partial charge in [-0.2, -0.15) is 0 Å². The van der Waals surface area contributed by atoms with E-state index < -0.39 is 0 Å². The van der Waals surface area contributed by atoms with Crippen LogP contribution in [0.4, 0.5) is 16.0 Å². The molecule has 32 heavy (non-hydrogen) atoms. The first-order valence-corrected chi connectivity index (χ1v) is 10.8. The van der Waals surface area contributed by atoms with Gasteiger partial charge in [-0.15, -0.1) is 0 Å². The largest absolute Gasteiger partial charge is 0.369 e. The molecule has 1 aliphatic rings. The van der Waals surface area contributed by atoms with E-state index in [-0.39, 0.29) is 17.8 Å². The number of hydrogen-bond acceptors (Lipinski definition) is 6. The van der Waals surface area contributed by atoms with Crippen LogP contribution in [0, 0.1) is 5.82 Å². The minimum atomic E-state index is -0.261. The SMILES string of the molecule is NC1CCN(c2ccc(C(=O)NCc3cccnc3)c(NCCc3cccc(F)c3)n2)C1. The molecule has 0 bridgehead atoms. The van der Waals surface area contributed by atoms with E-state index in [4.69, 9.17) is 10.7 Å². The van der Waals surface area contributed by atoms with Crippen molar-refractivity contribution in [3.8, 4) is 0 Å². The Kier molecular flexibility index (Phi) is 6.91. The van der Waals surface area contributed by atoms with E-state index in [0.29, 0.717) is 30.9 Å². The Morgan fingerprint density at radius 2 is 2.06 bits per heavy atom. The molecule has 1 saturated heterocycles. The summed E-state index contributed by atoms with van der Waals surface area (Å²) in [6, 6.07) is 14.0. The van der Waals surface area contributed by atoms with Crippen LogP contribution in [0.2, 0.25) is 0 Å². The van der Waals surface area contributed by atoms with Crippen molar-refractivity contribution < 1.29 is 9.18 Å². The molecule has 1 aliphatic heterocycles. The number of carbonyl (C=O) groups excluding carboxylic acids is 1. The molecule has 3 heterocycles. The van der Waals surface area contributed by atoms with Crippen LogP contribution in [0.25, 0.3) is 0 Å². The van der Waals surface area contributed by atoms with Crippen LogP contribution in [0.15, 0.2) is 60.9 Å². The summed E-state index contributed by atoms with van der Waals surface area (Å²) < 4.78 is 13.5. The molecule has 2 aromatic heterocycles. The molecule has 1 amide bonds. The number of amides is 1. The van der Waals surface area contributed by atoms with Crippen LogP contribution in [0.5, 0.6) is 0 Å². The van der Waals surface area contributed by atoms with Crippen LogP contribution in [0.1, 0.15) is 27.9 Å². The van der Waals surface area contributed by atoms with Crippen molar-refractivity contribution in [2.45, 2.75) is 25.4 Å². The molecule has 0 aliphatic carbocycles. The van der Waals surface area contributed by atoms with Gasteiger partial charge in [0.05, 0.1) is 5.56 Å². The zero-order valence-electron chi connectivity index (χ0n) is 17.8. The van der Waals surface area contributed by atoms with E-state index >= 15 is 0 Å². The third-order valence-corrected chi connectivity index (χ3v) is 5.44. The molecule has 3 aromatic rings. The van der Waals surface area contributed by atoms with Gasteiger partial charge in [-0.05, 0) is 54.3 Å². The fourth-order valence-electron chi connectivity index (χ4n) is 3.74. The van der Waals surface area contributed by atoms with E-state index in [1.54, 1.807) is 24.5 Å². The lowest BCUT2D eigenvalue weighted by Crippen LogP contribution is -2.28. The quantitative estimate of drug-likeness (QED) is 0.505. The molecule has 0 spiro atoms. The number of halogens is 1. The summed E-state index contributed by atoms with van der Waals surface area (Å²) in [5, 5.41) is 6.20. The van der Waals surface area contributed by atoms with Gasteiger partial charge in [0.25, 0.3) is 5.91 Å². The summed E-state index contributed by atoms with van der Waals surface area (Å²) >= 11 is 0. The van der Waals surface area contributed by atoms with Crippen LogP contribution in [-0.2, 0) is 13.0 Å². The highest BCUT2D eigenvalue weighted by molar-refractivity contribution is 5.99. The second-order valence-electron chi connectivity index (χ2n) is 7.91. The number of benzene rings is 1. The molecule has 8 heteroatoms. The van der Waals surface area contributed by atoms with Crippen LogP contribution in [0.3, 0.4) is 0 Å². The molecule has 1 atom stereocenters. The van der Waals surface area contributed by atoms with Crippen molar-refractivity contribution in [3.05, 3.63) is 83.4 Å². The number of anilines is 2. The first-order valence-electron chi connectivity index (χ1n) is 10.8. The zero-order valence-corrected chi connectivity index (χ0v) is 17.8. The van der Waals surface area contributed by atoms with Gasteiger partial charge in [-0.1, -0.05) is 18.2 Å². The Morgan fingerprint density at radius 3 is 2.81 bits per heavy atom. The van der Waals surface area contributed by atoms with Crippen molar-refractivity contribution in [1.82, 2.24) is 15.3 Å². The number of hydrogen-bond donors (Lipinski definition) is 3. The predicted molar refractivity (Wildman–Crippen MR) is 123 cm³/mol. The van der Waals surface area contributed by atoms with E-state index in [0.717, 1.165) is 36.5 Å². The third kappa shape index (κ3) is 5.59. The predicted octanol–water partition coefficient (Wildman–Crippen LogP) is 2.74. The Balaban J connectivity index is 1.49. The van der Waals surface area contributed by atoms with Crippen molar-refractivity contribution in [1.29, 1.82) is 0 Å². The second-order valence-corrected chi connectivity index (χ2v) is 7.91. The fraction of sp³-hybridized carbons (Fsp3) is 0.292. The first kappa shape index (κ1) is 21.7. The van der Waals surface area contributed by atoms with Crippen molar-refractivity contribution >= 4 is 17.5 Å². The molecular formula is C24H27FN6O. The van der Waals surface area contributed by atoms with E-state index in [1.165, 1.54) is 12.1 Å². The monoisotopic (exact) mass is 434 g/mol. The summed E-state index contributed by atoms with van der Waals surface area (Å²) in [6.07, 6.45) is 4.93. The number of nitrogens with two attached hydrogens (primary N) is 1. The van der Waals surface area contributed by atoms with Gasteiger partial charge in [-0.25, -0.2) is 9.37 Å². The van der Waals surface area contributed by atoms with Gasteiger partial charge in [-0.3, -0.25) is 9.78 Å². The highest BCUT2D eigenvalue weighted by Gasteiger charge is 2.22. The fourth-order valence-corrected chi connectivity index (χ4v) is 3.74. The van der Waals surface area contributed by atoms with E-state index in [9.17, 15) is 9.18 Å². The third-order valence-electron chi connectivity index (χ3n) is 5.44. The smallest absolute Gasteiger partial charge is 0.255 e. The average Bonchev–Trinajstić information content (AvgIpc) is 3.24. The molecule has 4 N–H and O–H groups in total. The lowest BCUT2D eigenvalue weighted by Gasteiger charge is -2.19. The molecule has 4 rings (SSSR count). The standard InChI is InChI=1S/C24H27FN6O/c25-19-5-1-3-17(13-19)8-11-28-23-21(24(32)29-15-18-4-2-10-27-14-18)6-7-22(30-23)31-12-9-20(26)16-31/h1-7,10,13-14,20H,8-9,11-12,15-16,26H2,(H,28,30)(H,29,32). The van der Waals surface area contributed by atoms with E-state index in [2.05, 4.69) is 20.5 Å². The van der Waals surface area contributed by atoms with Crippen molar-refractivity contribution in [2.24, 2.45) is 5.73 Å². The van der Waals surface area contributed by atoms with Crippen LogP contribution in [-0.4, -0.2) is 41.6 Å². The maximum atomic E-state index is 13.5. The molecule has 1 aromatic carbocycles. The highest BCUT2D eigenvalue weighted by Crippen LogP contribution is 2.23. The van der Waals surface area contributed by atoms with Crippen LogP contribution < -0.4 is 21.3 Å². The summed E-state index contributed by atoms with van der Waals surface area (Å²) in [4.78, 5) is 23.8. The minimum absolute atomic E-state index is 0.128. The molecule has 1 fully saturated rings. The van der Waals surface area contributed by atoms with Gasteiger partial charge in [0, 0.05) is 44.6 Å². The average molecular weight is 435 g/mol. The number of nitrogens with zero attached hydrogens (tertiary/aromatic N) is 3. The number of aromatic nitrogens is 2.